The van der Waals surface area contributed by atoms with E-state index in [1.54, 1.807) is 0 Å². The van der Waals surface area contributed by atoms with Gasteiger partial charge >= 0.3 is 0 Å². The highest BCUT2D eigenvalue weighted by atomic mass is 79.9. The molecule has 0 aliphatic carbocycles. The molecule has 0 amide bonds. The van der Waals surface area contributed by atoms with Gasteiger partial charge in [-0.05, 0) is 44.0 Å². The van der Waals surface area contributed by atoms with Crippen molar-refractivity contribution in [2.45, 2.75) is 39.3 Å². The van der Waals surface area contributed by atoms with Crippen LogP contribution in [0.2, 0.25) is 0 Å². The number of aliphatic hydroxyl groups is 1. The molecule has 2 rings (SSSR count). The minimum Gasteiger partial charge on any atom is -0.392 e. The number of nitrogens with zero attached hydrogens (tertiary/aromatic N) is 2. The zero-order chi connectivity index (χ0) is 13.8. The molecular weight excluding hydrogens is 304 g/mol. The number of aryl methyl sites for hydroxylation is 2. The molecule has 3 nitrogen and oxygen atoms in total. The lowest BCUT2D eigenvalue weighted by Gasteiger charge is -2.11. The molecule has 0 spiro atoms. The number of aliphatic hydroxyl groups excluding tert-OH is 1. The predicted molar refractivity (Wildman–Crippen MR) is 80.2 cm³/mol. The lowest BCUT2D eigenvalue weighted by atomic mass is 10.0. The maximum Gasteiger partial charge on any atom is 0.0635 e. The lowest BCUT2D eigenvalue weighted by Crippen LogP contribution is -2.16. The van der Waals surface area contributed by atoms with Gasteiger partial charge in [-0.2, -0.15) is 5.10 Å². The first kappa shape index (κ1) is 14.3. The minimum atomic E-state index is -0.373. The summed E-state index contributed by atoms with van der Waals surface area (Å²) in [7, 11) is 0. The second kappa shape index (κ2) is 6.35. The van der Waals surface area contributed by atoms with Gasteiger partial charge in [0.25, 0.3) is 0 Å². The average molecular weight is 323 g/mol. The van der Waals surface area contributed by atoms with Gasteiger partial charge < -0.3 is 5.11 Å². The predicted octanol–water partition coefficient (Wildman–Crippen LogP) is 3.12. The summed E-state index contributed by atoms with van der Waals surface area (Å²) in [6.07, 6.45) is 0.939. The maximum absolute atomic E-state index is 10.2. The Bertz CT molecular complexity index is 534. The van der Waals surface area contributed by atoms with Crippen LogP contribution < -0.4 is 0 Å². The van der Waals surface area contributed by atoms with Gasteiger partial charge in [-0.25, -0.2) is 0 Å². The SMILES string of the molecule is CCn1nc(C)cc1CC(O)Cc1ccc(Br)cc1. The molecular formula is C15H19BrN2O. The molecule has 0 aliphatic heterocycles. The van der Waals surface area contributed by atoms with Crippen molar-refractivity contribution < 1.29 is 5.11 Å². The van der Waals surface area contributed by atoms with Gasteiger partial charge in [-0.15, -0.1) is 0 Å². The van der Waals surface area contributed by atoms with Crippen molar-refractivity contribution in [2.24, 2.45) is 0 Å². The van der Waals surface area contributed by atoms with Crippen LogP contribution in [0.25, 0.3) is 0 Å². The van der Waals surface area contributed by atoms with Gasteiger partial charge in [0.2, 0.25) is 0 Å². The van der Waals surface area contributed by atoms with E-state index in [-0.39, 0.29) is 6.10 Å². The third-order valence-electron chi connectivity index (χ3n) is 3.11. The first-order valence-electron chi connectivity index (χ1n) is 6.54. The van der Waals surface area contributed by atoms with Gasteiger partial charge in [0.15, 0.2) is 0 Å². The van der Waals surface area contributed by atoms with Crippen molar-refractivity contribution in [1.82, 2.24) is 9.78 Å². The van der Waals surface area contributed by atoms with Crippen molar-refractivity contribution >= 4 is 15.9 Å². The molecule has 19 heavy (non-hydrogen) atoms. The molecule has 0 aliphatic rings. The molecule has 1 aromatic heterocycles. The van der Waals surface area contributed by atoms with Gasteiger partial charge in [-0.3, -0.25) is 4.68 Å². The Morgan fingerprint density at radius 3 is 2.58 bits per heavy atom. The molecule has 1 heterocycles. The molecule has 0 saturated heterocycles. The second-order valence-electron chi connectivity index (χ2n) is 4.78. The Labute approximate surface area is 122 Å². The van der Waals surface area contributed by atoms with Crippen LogP contribution in [-0.4, -0.2) is 21.0 Å². The van der Waals surface area contributed by atoms with Crippen molar-refractivity contribution in [1.29, 1.82) is 0 Å². The van der Waals surface area contributed by atoms with Gasteiger partial charge in [0, 0.05) is 23.1 Å². The van der Waals surface area contributed by atoms with E-state index in [1.807, 2.05) is 41.9 Å². The van der Waals surface area contributed by atoms with Gasteiger partial charge in [-0.1, -0.05) is 28.1 Å². The number of halogens is 1. The molecule has 0 bridgehead atoms. The van der Waals surface area contributed by atoms with Crippen LogP contribution in [0.4, 0.5) is 0 Å². The van der Waals surface area contributed by atoms with E-state index in [9.17, 15) is 5.11 Å². The first-order valence-corrected chi connectivity index (χ1v) is 7.33. The number of rotatable bonds is 5. The topological polar surface area (TPSA) is 38.0 Å². The van der Waals surface area contributed by atoms with Crippen molar-refractivity contribution in [3.8, 4) is 0 Å². The Morgan fingerprint density at radius 2 is 1.95 bits per heavy atom. The highest BCUT2D eigenvalue weighted by Crippen LogP contribution is 2.14. The van der Waals surface area contributed by atoms with Crippen molar-refractivity contribution in [3.05, 3.63) is 51.8 Å². The molecule has 1 unspecified atom stereocenters. The lowest BCUT2D eigenvalue weighted by molar-refractivity contribution is 0.172. The highest BCUT2D eigenvalue weighted by Gasteiger charge is 2.11. The molecule has 4 heteroatoms. The summed E-state index contributed by atoms with van der Waals surface area (Å²) in [5.41, 5.74) is 3.26. The third-order valence-corrected chi connectivity index (χ3v) is 3.64. The smallest absolute Gasteiger partial charge is 0.0635 e. The quantitative estimate of drug-likeness (QED) is 0.918. The fourth-order valence-corrected chi connectivity index (χ4v) is 2.51. The Morgan fingerprint density at radius 1 is 1.26 bits per heavy atom. The fraction of sp³-hybridized carbons (Fsp3) is 0.400. The summed E-state index contributed by atoms with van der Waals surface area (Å²) >= 11 is 3.41. The Kier molecular flexibility index (Phi) is 4.77. The summed E-state index contributed by atoms with van der Waals surface area (Å²) in [5.74, 6) is 0. The zero-order valence-corrected chi connectivity index (χ0v) is 12.9. The summed E-state index contributed by atoms with van der Waals surface area (Å²) in [5, 5.41) is 14.6. The summed E-state index contributed by atoms with van der Waals surface area (Å²) in [4.78, 5) is 0. The number of hydrogen-bond donors (Lipinski definition) is 1. The largest absolute Gasteiger partial charge is 0.392 e. The second-order valence-corrected chi connectivity index (χ2v) is 5.70. The summed E-state index contributed by atoms with van der Waals surface area (Å²) in [6.45, 7) is 4.89. The number of aromatic nitrogens is 2. The zero-order valence-electron chi connectivity index (χ0n) is 11.3. The van der Waals surface area contributed by atoms with Crippen LogP contribution in [0.3, 0.4) is 0 Å². The number of hydrogen-bond acceptors (Lipinski definition) is 2. The molecule has 1 atom stereocenters. The molecule has 0 radical (unpaired) electrons. The molecule has 2 aromatic rings. The van der Waals surface area contributed by atoms with E-state index in [2.05, 4.69) is 28.0 Å². The van der Waals surface area contributed by atoms with Crippen LogP contribution in [-0.2, 0) is 19.4 Å². The van der Waals surface area contributed by atoms with Crippen molar-refractivity contribution in [3.63, 3.8) is 0 Å². The van der Waals surface area contributed by atoms with E-state index in [1.165, 1.54) is 0 Å². The third kappa shape index (κ3) is 3.91. The molecule has 0 saturated carbocycles. The van der Waals surface area contributed by atoms with E-state index < -0.39 is 0 Å². The Hall–Kier alpha value is -1.13. The molecule has 102 valence electrons. The molecule has 1 aromatic carbocycles. The van der Waals surface area contributed by atoms with Crippen LogP contribution in [0.5, 0.6) is 0 Å². The van der Waals surface area contributed by atoms with E-state index in [0.29, 0.717) is 12.8 Å². The van der Waals surface area contributed by atoms with Gasteiger partial charge in [0.1, 0.15) is 0 Å². The van der Waals surface area contributed by atoms with Crippen LogP contribution in [0.1, 0.15) is 23.9 Å². The average Bonchev–Trinajstić information content (AvgIpc) is 2.72. The highest BCUT2D eigenvalue weighted by molar-refractivity contribution is 9.10. The Balaban J connectivity index is 2.00. The monoisotopic (exact) mass is 322 g/mol. The van der Waals surface area contributed by atoms with Crippen molar-refractivity contribution in [2.75, 3.05) is 0 Å². The van der Waals surface area contributed by atoms with Gasteiger partial charge in [0.05, 0.1) is 11.8 Å². The minimum absolute atomic E-state index is 0.373. The molecule has 0 fully saturated rings. The van der Waals surface area contributed by atoms with E-state index in [0.717, 1.165) is 28.0 Å². The van der Waals surface area contributed by atoms with Crippen LogP contribution in [0.15, 0.2) is 34.8 Å². The standard InChI is InChI=1S/C15H19BrN2O/c1-3-18-14(8-11(2)17-18)10-15(19)9-12-4-6-13(16)7-5-12/h4-8,15,19H,3,9-10H2,1-2H3. The number of benzene rings is 1. The van der Waals surface area contributed by atoms with E-state index in [4.69, 9.17) is 0 Å². The van der Waals surface area contributed by atoms with E-state index >= 15 is 0 Å². The first-order chi connectivity index (χ1) is 9.08. The van der Waals surface area contributed by atoms with Crippen LogP contribution >= 0.6 is 15.9 Å². The summed E-state index contributed by atoms with van der Waals surface area (Å²) < 4.78 is 3.02. The summed E-state index contributed by atoms with van der Waals surface area (Å²) in [6, 6.07) is 10.1. The maximum atomic E-state index is 10.2. The fourth-order valence-electron chi connectivity index (χ4n) is 2.24. The normalized spacial score (nSPS) is 12.6. The molecule has 1 N–H and O–H groups in total. The van der Waals surface area contributed by atoms with Crippen LogP contribution in [0, 0.1) is 6.92 Å².